The molecule has 0 spiro atoms. The molecule has 0 atom stereocenters. The molecule has 2 aromatic heterocycles. The van der Waals surface area contributed by atoms with E-state index in [4.69, 9.17) is 8.83 Å². The highest BCUT2D eigenvalue weighted by atomic mass is 16.3. The van der Waals surface area contributed by atoms with E-state index in [1.165, 1.54) is 72.3 Å². The van der Waals surface area contributed by atoms with E-state index >= 15 is 0 Å². The molecule has 3 aliphatic rings. The van der Waals surface area contributed by atoms with Crippen molar-refractivity contribution in [1.29, 1.82) is 0 Å². The van der Waals surface area contributed by atoms with Crippen LogP contribution in [0.3, 0.4) is 0 Å². The van der Waals surface area contributed by atoms with E-state index in [1.54, 1.807) is 0 Å². The molecular weight excluding hydrogens is 816 g/mol. The average molecular weight is 879 g/mol. The number of para-hydroxylation sites is 1. The molecule has 0 radical (unpaired) electrons. The minimum absolute atomic E-state index is 0.0114. The van der Waals surface area contributed by atoms with E-state index in [2.05, 4.69) is 221 Å². The van der Waals surface area contributed by atoms with Gasteiger partial charge in [-0.15, -0.1) is 0 Å². The third kappa shape index (κ3) is 6.18. The maximum Gasteiger partial charge on any atom is 0.333 e. The fourth-order valence-electron chi connectivity index (χ4n) is 11.9. The Morgan fingerprint density at radius 2 is 1.06 bits per heavy atom. The van der Waals surface area contributed by atoms with Crippen molar-refractivity contribution in [3.63, 3.8) is 0 Å². The molecule has 0 fully saturated rings. The Hall–Kier alpha value is -6.20. The lowest BCUT2D eigenvalue weighted by molar-refractivity contribution is 0.332. The molecular formula is C62H63BN2O2. The number of furan rings is 2. The van der Waals surface area contributed by atoms with E-state index in [1.807, 2.05) is 0 Å². The molecule has 336 valence electrons. The molecule has 9 aromatic rings. The normalized spacial score (nSPS) is 16.5. The highest BCUT2D eigenvalue weighted by molar-refractivity contribution is 6.94. The van der Waals surface area contributed by atoms with Gasteiger partial charge in [-0.05, 0) is 151 Å². The van der Waals surface area contributed by atoms with Crippen LogP contribution in [0.15, 0.2) is 130 Å². The lowest BCUT2D eigenvalue weighted by Gasteiger charge is -2.46. The van der Waals surface area contributed by atoms with E-state index in [9.17, 15) is 0 Å². The van der Waals surface area contributed by atoms with Crippen LogP contribution in [0.4, 0.5) is 28.4 Å². The van der Waals surface area contributed by atoms with Gasteiger partial charge in [-0.2, -0.15) is 0 Å². The lowest BCUT2D eigenvalue weighted by Crippen LogP contribution is -2.61. The first kappa shape index (κ1) is 42.2. The summed E-state index contributed by atoms with van der Waals surface area (Å²) in [5, 5.41) is 4.60. The summed E-state index contributed by atoms with van der Waals surface area (Å²) in [6.45, 7) is 30.3. The Labute approximate surface area is 397 Å². The second-order valence-electron chi connectivity index (χ2n) is 24.5. The number of anilines is 5. The number of rotatable bonds is 2. The van der Waals surface area contributed by atoms with E-state index < -0.39 is 0 Å². The van der Waals surface area contributed by atoms with E-state index in [0.29, 0.717) is 0 Å². The highest BCUT2D eigenvalue weighted by Crippen LogP contribution is 2.55. The van der Waals surface area contributed by atoms with Gasteiger partial charge in [0.25, 0.3) is 0 Å². The third-order valence-electron chi connectivity index (χ3n) is 16.0. The van der Waals surface area contributed by atoms with Crippen molar-refractivity contribution in [3.05, 3.63) is 149 Å². The minimum Gasteiger partial charge on any atom is -0.456 e. The van der Waals surface area contributed by atoms with E-state index in [-0.39, 0.29) is 33.9 Å². The second-order valence-corrected chi connectivity index (χ2v) is 24.5. The van der Waals surface area contributed by atoms with Crippen molar-refractivity contribution in [3.8, 4) is 11.1 Å². The molecule has 0 N–H and O–H groups in total. The standard InChI is InChI=1S/C62H63BN2O2/c1-58(2,3)36-18-23-39(24-19-36)64-47-27-22-38(60(7,8)9)32-46(47)63-56-43(34-52-55(57(56)64)41-16-14-15-17-49(41)66-52)53-48(65(63)40-25-20-37(21-26-40)59(4,5)6)28-29-50-54(53)42-33-44-45(35-51(42)67-50)62(12,13)31-30-61(44,10)11/h14-29,32-35H,30-31H2,1-13H3. The van der Waals surface area contributed by atoms with Crippen LogP contribution in [0.5, 0.6) is 0 Å². The van der Waals surface area contributed by atoms with Crippen molar-refractivity contribution in [2.45, 2.75) is 130 Å². The van der Waals surface area contributed by atoms with Crippen molar-refractivity contribution >= 4 is 90.1 Å². The summed E-state index contributed by atoms with van der Waals surface area (Å²) in [5.41, 5.74) is 21.2. The maximum atomic E-state index is 7.07. The van der Waals surface area contributed by atoms with Gasteiger partial charge in [-0.3, -0.25) is 0 Å². The Kier molecular flexibility index (Phi) is 8.63. The first-order valence-corrected chi connectivity index (χ1v) is 24.6. The molecule has 4 nitrogen and oxygen atoms in total. The quantitative estimate of drug-likeness (QED) is 0.162. The zero-order chi connectivity index (χ0) is 46.9. The summed E-state index contributed by atoms with van der Waals surface area (Å²) in [6, 6.07) is 46.5. The van der Waals surface area contributed by atoms with Crippen LogP contribution in [-0.4, -0.2) is 6.85 Å². The van der Waals surface area contributed by atoms with Gasteiger partial charge in [-0.25, -0.2) is 0 Å². The highest BCUT2D eigenvalue weighted by Gasteiger charge is 2.48. The Morgan fingerprint density at radius 3 is 1.70 bits per heavy atom. The molecule has 67 heavy (non-hydrogen) atoms. The maximum absolute atomic E-state index is 7.07. The average Bonchev–Trinajstić information content (AvgIpc) is 3.84. The molecule has 0 saturated carbocycles. The molecule has 0 amide bonds. The van der Waals surface area contributed by atoms with Crippen LogP contribution in [-0.2, 0) is 27.1 Å². The third-order valence-corrected chi connectivity index (χ3v) is 16.0. The topological polar surface area (TPSA) is 32.8 Å². The predicted octanol–water partition coefficient (Wildman–Crippen LogP) is 16.4. The number of benzene rings is 7. The molecule has 4 heterocycles. The number of nitrogens with zero attached hydrogens (tertiary/aromatic N) is 2. The molecule has 7 aromatic carbocycles. The second kappa shape index (κ2) is 13.7. The van der Waals surface area contributed by atoms with Crippen molar-refractivity contribution < 1.29 is 8.83 Å². The summed E-state index contributed by atoms with van der Waals surface area (Å²) >= 11 is 0. The van der Waals surface area contributed by atoms with Crippen LogP contribution in [0.1, 0.15) is 131 Å². The van der Waals surface area contributed by atoms with Gasteiger partial charge in [-0.1, -0.05) is 145 Å². The van der Waals surface area contributed by atoms with Crippen molar-refractivity contribution in [1.82, 2.24) is 0 Å². The smallest absolute Gasteiger partial charge is 0.333 e. The van der Waals surface area contributed by atoms with Crippen LogP contribution >= 0.6 is 0 Å². The minimum atomic E-state index is -0.165. The number of hydrogen-bond donors (Lipinski definition) is 0. The summed E-state index contributed by atoms with van der Waals surface area (Å²) < 4.78 is 14.1. The van der Waals surface area contributed by atoms with Gasteiger partial charge < -0.3 is 18.5 Å². The van der Waals surface area contributed by atoms with Crippen LogP contribution < -0.4 is 20.6 Å². The summed E-state index contributed by atoms with van der Waals surface area (Å²) in [7, 11) is 0. The number of fused-ring (bicyclic) bond motifs is 13. The summed E-state index contributed by atoms with van der Waals surface area (Å²) in [5.74, 6) is 0. The molecule has 0 bridgehead atoms. The fraction of sp³-hybridized carbons (Fsp3) is 0.323. The van der Waals surface area contributed by atoms with Gasteiger partial charge in [0, 0.05) is 44.5 Å². The van der Waals surface area contributed by atoms with Gasteiger partial charge in [0.1, 0.15) is 22.3 Å². The predicted molar refractivity (Wildman–Crippen MR) is 286 cm³/mol. The molecule has 5 heteroatoms. The zero-order valence-electron chi connectivity index (χ0n) is 41.7. The van der Waals surface area contributed by atoms with Gasteiger partial charge in [0.15, 0.2) is 0 Å². The van der Waals surface area contributed by atoms with Crippen LogP contribution in [0, 0.1) is 0 Å². The number of hydrogen-bond acceptors (Lipinski definition) is 4. The summed E-state index contributed by atoms with van der Waals surface area (Å²) in [4.78, 5) is 5.23. The molecule has 12 rings (SSSR count). The zero-order valence-corrected chi connectivity index (χ0v) is 41.7. The van der Waals surface area contributed by atoms with Crippen molar-refractivity contribution in [2.75, 3.05) is 9.71 Å². The molecule has 2 aliphatic heterocycles. The molecule has 0 saturated heterocycles. The van der Waals surface area contributed by atoms with Gasteiger partial charge in [0.2, 0.25) is 0 Å². The monoisotopic (exact) mass is 878 g/mol. The first-order valence-electron chi connectivity index (χ1n) is 24.6. The van der Waals surface area contributed by atoms with Gasteiger partial charge in [0.05, 0.1) is 11.1 Å². The van der Waals surface area contributed by atoms with E-state index in [0.717, 1.165) is 62.7 Å². The summed E-state index contributed by atoms with van der Waals surface area (Å²) in [6.07, 6.45) is 2.29. The Bertz CT molecular complexity index is 3530. The Balaban J connectivity index is 1.27. The van der Waals surface area contributed by atoms with Gasteiger partial charge >= 0.3 is 6.85 Å². The largest absolute Gasteiger partial charge is 0.456 e. The molecule has 0 unspecified atom stereocenters. The molecule has 1 aliphatic carbocycles. The Morgan fingerprint density at radius 1 is 0.493 bits per heavy atom. The van der Waals surface area contributed by atoms with Crippen LogP contribution in [0.25, 0.3) is 55.0 Å². The van der Waals surface area contributed by atoms with Crippen LogP contribution in [0.2, 0.25) is 0 Å². The SMILES string of the molecule is CC(C)(C)c1ccc(N2B3c4cc(C(C)(C)C)ccc4N(c4ccc(C(C)(C)C)cc4)c4c3c(cc3oc5ccccc5c43)-c3c2ccc2oc4cc5c(cc4c32)C(C)(C)CCC5(C)C)cc1. The fourth-order valence-corrected chi connectivity index (χ4v) is 11.9. The van der Waals surface area contributed by atoms with Crippen molar-refractivity contribution in [2.24, 2.45) is 0 Å². The lowest BCUT2D eigenvalue weighted by atomic mass is 9.43. The first-order chi connectivity index (χ1) is 31.6.